The normalized spacial score (nSPS) is 18.3. The van der Waals surface area contributed by atoms with E-state index < -0.39 is 0 Å². The number of methoxy groups -OCH3 is 1. The molecule has 15 heavy (non-hydrogen) atoms. The van der Waals surface area contributed by atoms with Gasteiger partial charge in [0.1, 0.15) is 0 Å². The summed E-state index contributed by atoms with van der Waals surface area (Å²) in [6.07, 6.45) is 3.97. The molecule has 0 aromatic heterocycles. The van der Waals surface area contributed by atoms with Gasteiger partial charge < -0.3 is 15.4 Å². The number of carbonyl (C=O) groups is 1. The van der Waals surface area contributed by atoms with E-state index in [1.54, 1.807) is 7.11 Å². The summed E-state index contributed by atoms with van der Waals surface area (Å²) in [7, 11) is 1.63. The van der Waals surface area contributed by atoms with Gasteiger partial charge in [0, 0.05) is 13.7 Å². The average molecular weight is 214 g/mol. The molecule has 4 nitrogen and oxygen atoms in total. The maximum absolute atomic E-state index is 11.5. The second-order valence-electron chi connectivity index (χ2n) is 4.21. The molecule has 0 heterocycles. The zero-order chi connectivity index (χ0) is 11.1. The molecule has 88 valence electrons. The van der Waals surface area contributed by atoms with Gasteiger partial charge in [-0.05, 0) is 32.2 Å². The van der Waals surface area contributed by atoms with Crippen LogP contribution in [-0.2, 0) is 9.53 Å². The Bertz CT molecular complexity index is 193. The summed E-state index contributed by atoms with van der Waals surface area (Å²) in [5.74, 6) is 0.852. The third-order valence-corrected chi connectivity index (χ3v) is 2.94. The molecule has 1 atom stereocenters. The fourth-order valence-electron chi connectivity index (χ4n) is 1.56. The largest absolute Gasteiger partial charge is 0.383 e. The molecule has 2 N–H and O–H groups in total. The predicted molar refractivity (Wildman–Crippen MR) is 59.7 cm³/mol. The van der Waals surface area contributed by atoms with Crippen molar-refractivity contribution in [2.75, 3.05) is 26.8 Å². The van der Waals surface area contributed by atoms with Crippen molar-refractivity contribution in [1.82, 2.24) is 10.6 Å². The number of hydrogen-bond acceptors (Lipinski definition) is 3. The molecule has 0 aromatic rings. The maximum atomic E-state index is 11.5. The van der Waals surface area contributed by atoms with Gasteiger partial charge in [-0.15, -0.1) is 0 Å². The highest BCUT2D eigenvalue weighted by Crippen LogP contribution is 2.25. The van der Waals surface area contributed by atoms with Crippen molar-refractivity contribution < 1.29 is 9.53 Å². The van der Waals surface area contributed by atoms with E-state index in [2.05, 4.69) is 10.6 Å². The molecular formula is C11H22N2O2. The lowest BCUT2D eigenvalue weighted by Gasteiger charge is -2.27. The summed E-state index contributed by atoms with van der Waals surface area (Å²) in [6.45, 7) is 4.03. The monoisotopic (exact) mass is 214 g/mol. The van der Waals surface area contributed by atoms with Gasteiger partial charge in [0.2, 0.25) is 5.91 Å². The van der Waals surface area contributed by atoms with Crippen molar-refractivity contribution >= 4 is 5.91 Å². The van der Waals surface area contributed by atoms with Crippen molar-refractivity contribution in [3.05, 3.63) is 0 Å². The first kappa shape index (κ1) is 12.5. The van der Waals surface area contributed by atoms with Crippen LogP contribution in [0.15, 0.2) is 0 Å². The van der Waals surface area contributed by atoms with E-state index in [0.717, 1.165) is 12.5 Å². The number of amides is 1. The summed E-state index contributed by atoms with van der Waals surface area (Å²) < 4.78 is 4.86. The average Bonchev–Trinajstić information content (AvgIpc) is 2.15. The molecule has 0 aliphatic heterocycles. The van der Waals surface area contributed by atoms with E-state index in [1.807, 2.05) is 6.92 Å². The Morgan fingerprint density at radius 1 is 1.53 bits per heavy atom. The smallest absolute Gasteiger partial charge is 0.236 e. The zero-order valence-electron chi connectivity index (χ0n) is 9.71. The van der Waals surface area contributed by atoms with Crippen LogP contribution in [0.5, 0.6) is 0 Å². The molecule has 0 saturated heterocycles. The quantitative estimate of drug-likeness (QED) is 0.608. The summed E-state index contributed by atoms with van der Waals surface area (Å²) in [4.78, 5) is 11.5. The first-order valence-electron chi connectivity index (χ1n) is 5.74. The van der Waals surface area contributed by atoms with E-state index in [9.17, 15) is 4.79 Å². The molecule has 1 saturated carbocycles. The van der Waals surface area contributed by atoms with Crippen LogP contribution >= 0.6 is 0 Å². The second-order valence-corrected chi connectivity index (χ2v) is 4.21. The Hall–Kier alpha value is -0.610. The highest BCUT2D eigenvalue weighted by atomic mass is 16.5. The van der Waals surface area contributed by atoms with Crippen molar-refractivity contribution in [3.8, 4) is 0 Å². The van der Waals surface area contributed by atoms with Crippen molar-refractivity contribution in [1.29, 1.82) is 0 Å². The highest BCUT2D eigenvalue weighted by molar-refractivity contribution is 5.81. The SMILES string of the molecule is COCCNC(=O)C(C)NCC1CCC1. The van der Waals surface area contributed by atoms with Crippen LogP contribution in [0.2, 0.25) is 0 Å². The molecule has 0 radical (unpaired) electrons. The number of ether oxygens (including phenoxy) is 1. The summed E-state index contributed by atoms with van der Waals surface area (Å²) >= 11 is 0. The van der Waals surface area contributed by atoms with Gasteiger partial charge in [-0.3, -0.25) is 4.79 Å². The summed E-state index contributed by atoms with van der Waals surface area (Å²) in [5.41, 5.74) is 0. The fraction of sp³-hybridized carbons (Fsp3) is 0.909. The first-order chi connectivity index (χ1) is 7.24. The Morgan fingerprint density at radius 2 is 2.27 bits per heavy atom. The molecule has 4 heteroatoms. The van der Waals surface area contributed by atoms with Crippen LogP contribution < -0.4 is 10.6 Å². The fourth-order valence-corrected chi connectivity index (χ4v) is 1.56. The van der Waals surface area contributed by atoms with Crippen molar-refractivity contribution in [3.63, 3.8) is 0 Å². The van der Waals surface area contributed by atoms with Gasteiger partial charge in [0.15, 0.2) is 0 Å². The highest BCUT2D eigenvalue weighted by Gasteiger charge is 2.19. The Labute approximate surface area is 91.8 Å². The first-order valence-corrected chi connectivity index (χ1v) is 5.74. The molecule has 1 amide bonds. The molecule has 1 unspecified atom stereocenters. The second kappa shape index (κ2) is 6.80. The van der Waals surface area contributed by atoms with Crippen LogP contribution in [0.3, 0.4) is 0 Å². The zero-order valence-corrected chi connectivity index (χ0v) is 9.71. The number of rotatable bonds is 7. The number of nitrogens with one attached hydrogen (secondary N) is 2. The van der Waals surface area contributed by atoms with Crippen LogP contribution in [0.1, 0.15) is 26.2 Å². The van der Waals surface area contributed by atoms with Gasteiger partial charge in [-0.2, -0.15) is 0 Å². The van der Waals surface area contributed by atoms with Gasteiger partial charge in [-0.25, -0.2) is 0 Å². The number of carbonyl (C=O) groups excluding carboxylic acids is 1. The van der Waals surface area contributed by atoms with E-state index in [1.165, 1.54) is 19.3 Å². The Kier molecular flexibility index (Phi) is 5.65. The van der Waals surface area contributed by atoms with E-state index in [-0.39, 0.29) is 11.9 Å². The number of hydrogen-bond donors (Lipinski definition) is 2. The molecule has 1 aliphatic carbocycles. The molecular weight excluding hydrogens is 192 g/mol. The van der Waals surface area contributed by atoms with Gasteiger partial charge in [0.05, 0.1) is 12.6 Å². The minimum atomic E-state index is -0.0949. The van der Waals surface area contributed by atoms with Gasteiger partial charge in [-0.1, -0.05) is 6.42 Å². The molecule has 1 rings (SSSR count). The minimum Gasteiger partial charge on any atom is -0.383 e. The topological polar surface area (TPSA) is 50.4 Å². The van der Waals surface area contributed by atoms with E-state index in [0.29, 0.717) is 13.2 Å². The van der Waals surface area contributed by atoms with Crippen LogP contribution in [0.25, 0.3) is 0 Å². The molecule has 1 aliphatic rings. The van der Waals surface area contributed by atoms with Crippen LogP contribution in [-0.4, -0.2) is 38.8 Å². The van der Waals surface area contributed by atoms with E-state index in [4.69, 9.17) is 4.74 Å². The van der Waals surface area contributed by atoms with Crippen LogP contribution in [0.4, 0.5) is 0 Å². The third kappa shape index (κ3) is 4.62. The van der Waals surface area contributed by atoms with Crippen molar-refractivity contribution in [2.24, 2.45) is 5.92 Å². The maximum Gasteiger partial charge on any atom is 0.236 e. The lowest BCUT2D eigenvalue weighted by Crippen LogP contribution is -2.45. The third-order valence-electron chi connectivity index (χ3n) is 2.94. The van der Waals surface area contributed by atoms with E-state index >= 15 is 0 Å². The molecule has 0 bridgehead atoms. The summed E-state index contributed by atoms with van der Waals surface area (Å²) in [6, 6.07) is -0.0949. The van der Waals surface area contributed by atoms with Crippen molar-refractivity contribution in [2.45, 2.75) is 32.2 Å². The lowest BCUT2D eigenvalue weighted by atomic mass is 9.85. The Morgan fingerprint density at radius 3 is 2.80 bits per heavy atom. The Balaban J connectivity index is 2.03. The van der Waals surface area contributed by atoms with Gasteiger partial charge >= 0.3 is 0 Å². The summed E-state index contributed by atoms with van der Waals surface area (Å²) in [5, 5.41) is 6.08. The molecule has 0 aromatic carbocycles. The van der Waals surface area contributed by atoms with Crippen LogP contribution in [0, 0.1) is 5.92 Å². The standard InChI is InChI=1S/C11H22N2O2/c1-9(11(14)12-6-7-15-2)13-8-10-4-3-5-10/h9-10,13H,3-8H2,1-2H3,(H,12,14). The predicted octanol–water partition coefficient (Wildman–Crippen LogP) is 0.527. The van der Waals surface area contributed by atoms with Gasteiger partial charge in [0.25, 0.3) is 0 Å². The molecule has 0 spiro atoms. The molecule has 1 fully saturated rings. The minimum absolute atomic E-state index is 0.0615. The lowest BCUT2D eigenvalue weighted by molar-refractivity contribution is -0.123.